The van der Waals surface area contributed by atoms with Gasteiger partial charge in [0.2, 0.25) is 11.7 Å². The zero-order valence-corrected chi connectivity index (χ0v) is 16.7. The Balaban J connectivity index is 1.46. The molecule has 4 rings (SSSR count). The molecule has 28 heavy (non-hydrogen) atoms. The second-order valence-corrected chi connectivity index (χ2v) is 7.60. The highest BCUT2D eigenvalue weighted by atomic mass is 16.5. The van der Waals surface area contributed by atoms with Crippen molar-refractivity contribution in [2.45, 2.75) is 37.8 Å². The van der Waals surface area contributed by atoms with Crippen molar-refractivity contribution < 1.29 is 14.0 Å². The van der Waals surface area contributed by atoms with Gasteiger partial charge in [-0.1, -0.05) is 5.16 Å². The standard InChI is InChI=1S/C20H29N5O3/c1-24-10-6-15(7-11-24)25-9-3-4-18(25)20-22-19(23-28-20)17-14-16(5-8-21-17)27-13-12-26-2/h5,8,14-15,18H,3-4,6-7,9-13H2,1-2H3. The minimum atomic E-state index is 0.218. The first-order valence-corrected chi connectivity index (χ1v) is 10.1. The third-order valence-electron chi connectivity index (χ3n) is 5.69. The third kappa shape index (κ3) is 4.34. The quantitative estimate of drug-likeness (QED) is 0.670. The smallest absolute Gasteiger partial charge is 0.244 e. The van der Waals surface area contributed by atoms with E-state index in [1.54, 1.807) is 13.3 Å². The van der Waals surface area contributed by atoms with E-state index in [0.29, 0.717) is 36.7 Å². The molecule has 0 radical (unpaired) electrons. The molecule has 152 valence electrons. The number of pyridine rings is 1. The molecule has 2 fully saturated rings. The summed E-state index contributed by atoms with van der Waals surface area (Å²) in [5.74, 6) is 1.95. The zero-order chi connectivity index (χ0) is 19.3. The summed E-state index contributed by atoms with van der Waals surface area (Å²) < 4.78 is 16.3. The van der Waals surface area contributed by atoms with Crippen molar-refractivity contribution in [3.05, 3.63) is 24.2 Å². The molecule has 8 heteroatoms. The molecule has 2 aromatic heterocycles. The number of likely N-dealkylation sites (tertiary alicyclic amines) is 2. The van der Waals surface area contributed by atoms with Crippen LogP contribution >= 0.6 is 0 Å². The molecule has 2 aromatic rings. The summed E-state index contributed by atoms with van der Waals surface area (Å²) in [6.07, 6.45) is 6.36. The highest BCUT2D eigenvalue weighted by Crippen LogP contribution is 2.36. The predicted molar refractivity (Wildman–Crippen MR) is 104 cm³/mol. The van der Waals surface area contributed by atoms with Crippen molar-refractivity contribution in [3.63, 3.8) is 0 Å². The van der Waals surface area contributed by atoms with Crippen LogP contribution in [0.3, 0.4) is 0 Å². The molecule has 1 atom stereocenters. The number of rotatable bonds is 7. The lowest BCUT2D eigenvalue weighted by atomic mass is 10.0. The van der Waals surface area contributed by atoms with E-state index in [0.717, 1.165) is 31.8 Å². The number of piperidine rings is 1. The summed E-state index contributed by atoms with van der Waals surface area (Å²) in [5, 5.41) is 4.20. The predicted octanol–water partition coefficient (Wildman–Crippen LogP) is 2.39. The first-order valence-electron chi connectivity index (χ1n) is 10.1. The molecule has 0 aromatic carbocycles. The van der Waals surface area contributed by atoms with E-state index in [1.807, 2.05) is 12.1 Å². The van der Waals surface area contributed by atoms with Crippen molar-refractivity contribution in [1.29, 1.82) is 0 Å². The molecular formula is C20H29N5O3. The normalized spacial score (nSPS) is 22.0. The lowest BCUT2D eigenvalue weighted by Gasteiger charge is -2.37. The van der Waals surface area contributed by atoms with Crippen LogP contribution in [0.4, 0.5) is 0 Å². The summed E-state index contributed by atoms with van der Waals surface area (Å²) in [5.41, 5.74) is 0.661. The lowest BCUT2D eigenvalue weighted by Crippen LogP contribution is -2.43. The van der Waals surface area contributed by atoms with Crippen LogP contribution in [-0.2, 0) is 4.74 Å². The van der Waals surface area contributed by atoms with Crippen LogP contribution in [0.1, 0.15) is 37.6 Å². The third-order valence-corrected chi connectivity index (χ3v) is 5.69. The second kappa shape index (κ2) is 8.98. The maximum atomic E-state index is 5.67. The van der Waals surface area contributed by atoms with E-state index in [2.05, 4.69) is 32.0 Å². The Bertz CT molecular complexity index is 760. The van der Waals surface area contributed by atoms with Crippen molar-refractivity contribution in [1.82, 2.24) is 24.9 Å². The van der Waals surface area contributed by atoms with Crippen molar-refractivity contribution in [2.24, 2.45) is 0 Å². The molecule has 2 saturated heterocycles. The monoisotopic (exact) mass is 387 g/mol. The molecule has 0 N–H and O–H groups in total. The van der Waals surface area contributed by atoms with Crippen LogP contribution < -0.4 is 4.74 Å². The van der Waals surface area contributed by atoms with Crippen LogP contribution in [0.2, 0.25) is 0 Å². The average molecular weight is 387 g/mol. The number of nitrogens with zero attached hydrogens (tertiary/aromatic N) is 5. The molecule has 0 amide bonds. The first kappa shape index (κ1) is 19.3. The molecule has 1 unspecified atom stereocenters. The van der Waals surface area contributed by atoms with Crippen molar-refractivity contribution in [2.75, 3.05) is 47.0 Å². The van der Waals surface area contributed by atoms with Crippen LogP contribution in [0.5, 0.6) is 5.75 Å². The SMILES string of the molecule is COCCOc1ccnc(-c2noc(C3CCCN3C3CCN(C)CC3)n2)c1. The molecule has 2 aliphatic rings. The maximum Gasteiger partial charge on any atom is 0.244 e. The largest absolute Gasteiger partial charge is 0.491 e. The second-order valence-electron chi connectivity index (χ2n) is 7.60. The number of ether oxygens (including phenoxy) is 2. The highest BCUT2D eigenvalue weighted by Gasteiger charge is 2.36. The van der Waals surface area contributed by atoms with Gasteiger partial charge in [-0.15, -0.1) is 0 Å². The Kier molecular flexibility index (Phi) is 6.19. The van der Waals surface area contributed by atoms with E-state index < -0.39 is 0 Å². The lowest BCUT2D eigenvalue weighted by molar-refractivity contribution is 0.0958. The summed E-state index contributed by atoms with van der Waals surface area (Å²) in [6, 6.07) is 4.48. The van der Waals surface area contributed by atoms with Gasteiger partial charge in [0, 0.05) is 25.4 Å². The Hall–Kier alpha value is -2.03. The zero-order valence-electron chi connectivity index (χ0n) is 16.7. The van der Waals surface area contributed by atoms with Gasteiger partial charge in [-0.3, -0.25) is 9.88 Å². The summed E-state index contributed by atoms with van der Waals surface area (Å²) in [7, 11) is 3.85. The van der Waals surface area contributed by atoms with E-state index >= 15 is 0 Å². The summed E-state index contributed by atoms with van der Waals surface area (Å²) >= 11 is 0. The Morgan fingerprint density at radius 2 is 2.04 bits per heavy atom. The van der Waals surface area contributed by atoms with Crippen molar-refractivity contribution >= 4 is 0 Å². The molecule has 8 nitrogen and oxygen atoms in total. The number of methoxy groups -OCH3 is 1. The number of aromatic nitrogens is 3. The van der Waals surface area contributed by atoms with Gasteiger partial charge in [0.1, 0.15) is 18.1 Å². The Morgan fingerprint density at radius 3 is 2.86 bits per heavy atom. The van der Waals surface area contributed by atoms with Crippen LogP contribution in [0, 0.1) is 0 Å². The molecule has 0 bridgehead atoms. The molecular weight excluding hydrogens is 358 g/mol. The van der Waals surface area contributed by atoms with Crippen LogP contribution in [0.25, 0.3) is 11.5 Å². The minimum absolute atomic E-state index is 0.218. The van der Waals surface area contributed by atoms with E-state index in [9.17, 15) is 0 Å². The van der Waals surface area contributed by atoms with Crippen LogP contribution in [0.15, 0.2) is 22.9 Å². The van der Waals surface area contributed by atoms with Gasteiger partial charge >= 0.3 is 0 Å². The summed E-state index contributed by atoms with van der Waals surface area (Å²) in [4.78, 5) is 14.0. The number of hydrogen-bond donors (Lipinski definition) is 0. The first-order chi connectivity index (χ1) is 13.7. The highest BCUT2D eigenvalue weighted by molar-refractivity contribution is 5.50. The van der Waals surface area contributed by atoms with Crippen molar-refractivity contribution in [3.8, 4) is 17.3 Å². The fourth-order valence-corrected chi connectivity index (χ4v) is 4.16. The Morgan fingerprint density at radius 1 is 1.18 bits per heavy atom. The van der Waals surface area contributed by atoms with Gasteiger partial charge in [-0.25, -0.2) is 0 Å². The molecule has 0 spiro atoms. The topological polar surface area (TPSA) is 76.8 Å². The van der Waals surface area contributed by atoms with Gasteiger partial charge in [0.25, 0.3) is 0 Å². The molecule has 4 heterocycles. The molecule has 2 aliphatic heterocycles. The van der Waals surface area contributed by atoms with Gasteiger partial charge in [0.15, 0.2) is 0 Å². The fourth-order valence-electron chi connectivity index (χ4n) is 4.16. The van der Waals surface area contributed by atoms with Gasteiger partial charge in [-0.05, 0) is 58.4 Å². The van der Waals surface area contributed by atoms with E-state index in [1.165, 1.54) is 19.3 Å². The van der Waals surface area contributed by atoms with E-state index in [4.69, 9.17) is 14.0 Å². The molecule has 0 saturated carbocycles. The fraction of sp³-hybridized carbons (Fsp3) is 0.650. The van der Waals surface area contributed by atoms with Gasteiger partial charge in [-0.2, -0.15) is 4.98 Å². The minimum Gasteiger partial charge on any atom is -0.491 e. The van der Waals surface area contributed by atoms with Crippen LogP contribution in [-0.4, -0.2) is 78.0 Å². The maximum absolute atomic E-state index is 5.67. The average Bonchev–Trinajstić information content (AvgIpc) is 3.38. The molecule has 0 aliphatic carbocycles. The van der Waals surface area contributed by atoms with Gasteiger partial charge in [0.05, 0.1) is 12.6 Å². The summed E-state index contributed by atoms with van der Waals surface area (Å²) in [6.45, 7) is 4.45. The number of hydrogen-bond acceptors (Lipinski definition) is 8. The van der Waals surface area contributed by atoms with Gasteiger partial charge < -0.3 is 18.9 Å². The van der Waals surface area contributed by atoms with E-state index in [-0.39, 0.29) is 6.04 Å². The Labute approximate surface area is 165 Å².